The Morgan fingerprint density at radius 3 is 2.24 bits per heavy atom. The lowest BCUT2D eigenvalue weighted by Gasteiger charge is -2.20. The number of aromatic nitrogens is 3. The van der Waals surface area contributed by atoms with Gasteiger partial charge in [0.05, 0.1) is 6.20 Å². The van der Waals surface area contributed by atoms with Gasteiger partial charge in [0.1, 0.15) is 11.5 Å². The molecular weight excluding hydrogens is 314 g/mol. The van der Waals surface area contributed by atoms with Crippen LogP contribution in [0.1, 0.15) is 20.8 Å². The molecule has 3 aromatic rings. The van der Waals surface area contributed by atoms with E-state index in [4.69, 9.17) is 4.74 Å². The van der Waals surface area contributed by atoms with Crippen molar-refractivity contribution in [2.75, 3.05) is 10.6 Å². The topological polar surface area (TPSA) is 72.0 Å². The molecule has 0 fully saturated rings. The molecule has 0 unspecified atom stereocenters. The molecule has 0 spiro atoms. The average Bonchev–Trinajstić information content (AvgIpc) is 2.56. The van der Waals surface area contributed by atoms with E-state index < -0.39 is 0 Å². The first-order chi connectivity index (χ1) is 12.0. The van der Waals surface area contributed by atoms with Crippen molar-refractivity contribution in [1.29, 1.82) is 0 Å². The highest BCUT2D eigenvalue weighted by molar-refractivity contribution is 5.55. The molecule has 0 radical (unpaired) electrons. The number of nitrogens with one attached hydrogen (secondary N) is 2. The maximum atomic E-state index is 5.78. The Morgan fingerprint density at radius 2 is 1.56 bits per heavy atom. The monoisotopic (exact) mass is 335 g/mol. The van der Waals surface area contributed by atoms with Gasteiger partial charge in [-0.2, -0.15) is 10.1 Å². The van der Waals surface area contributed by atoms with Crippen LogP contribution in [0.4, 0.5) is 17.5 Å². The second kappa shape index (κ2) is 7.17. The van der Waals surface area contributed by atoms with Crippen LogP contribution in [0.25, 0.3) is 0 Å². The summed E-state index contributed by atoms with van der Waals surface area (Å²) in [7, 11) is 0. The van der Waals surface area contributed by atoms with E-state index in [1.807, 2.05) is 54.6 Å². The van der Waals surface area contributed by atoms with Crippen LogP contribution in [0.15, 0.2) is 60.8 Å². The van der Waals surface area contributed by atoms with E-state index in [1.165, 1.54) is 0 Å². The largest absolute Gasteiger partial charge is 0.457 e. The molecule has 6 nitrogen and oxygen atoms in total. The lowest BCUT2D eigenvalue weighted by molar-refractivity contribution is 0.483. The molecule has 2 aromatic carbocycles. The van der Waals surface area contributed by atoms with E-state index in [0.717, 1.165) is 17.2 Å². The number of anilines is 3. The van der Waals surface area contributed by atoms with Crippen LogP contribution in [0, 0.1) is 0 Å². The predicted octanol–water partition coefficient (Wildman–Crippen LogP) is 4.62. The van der Waals surface area contributed by atoms with Crippen LogP contribution in [0.5, 0.6) is 11.5 Å². The smallest absolute Gasteiger partial charge is 0.249 e. The minimum absolute atomic E-state index is 0.0935. The summed E-state index contributed by atoms with van der Waals surface area (Å²) in [6.07, 6.45) is 1.60. The highest BCUT2D eigenvalue weighted by Gasteiger charge is 2.11. The second-order valence-electron chi connectivity index (χ2n) is 6.60. The molecule has 0 saturated heterocycles. The minimum Gasteiger partial charge on any atom is -0.457 e. The van der Waals surface area contributed by atoms with E-state index in [-0.39, 0.29) is 5.54 Å². The quantitative estimate of drug-likeness (QED) is 0.709. The summed E-state index contributed by atoms with van der Waals surface area (Å²) < 4.78 is 5.78. The highest BCUT2D eigenvalue weighted by Crippen LogP contribution is 2.23. The molecule has 0 aliphatic heterocycles. The van der Waals surface area contributed by atoms with Gasteiger partial charge >= 0.3 is 0 Å². The fraction of sp³-hybridized carbons (Fsp3) is 0.211. The number of para-hydroxylation sites is 1. The van der Waals surface area contributed by atoms with Gasteiger partial charge in [-0.3, -0.25) is 0 Å². The molecule has 0 atom stereocenters. The average molecular weight is 335 g/mol. The third-order valence-electron chi connectivity index (χ3n) is 3.15. The summed E-state index contributed by atoms with van der Waals surface area (Å²) in [6, 6.07) is 17.3. The zero-order valence-corrected chi connectivity index (χ0v) is 14.5. The van der Waals surface area contributed by atoms with Crippen LogP contribution in [-0.4, -0.2) is 20.7 Å². The minimum atomic E-state index is -0.0935. The highest BCUT2D eigenvalue weighted by atomic mass is 16.5. The van der Waals surface area contributed by atoms with Crippen LogP contribution in [0.2, 0.25) is 0 Å². The molecule has 0 saturated carbocycles. The number of hydrogen-bond acceptors (Lipinski definition) is 6. The lowest BCUT2D eigenvalue weighted by atomic mass is 10.1. The van der Waals surface area contributed by atoms with Gasteiger partial charge in [-0.15, -0.1) is 5.10 Å². The Bertz CT molecular complexity index is 813. The first-order valence-corrected chi connectivity index (χ1v) is 8.06. The third kappa shape index (κ3) is 5.17. The zero-order valence-electron chi connectivity index (χ0n) is 14.5. The SMILES string of the molecule is CC(C)(C)Nc1cnnc(Nc2ccc(Oc3ccccc3)cc2)n1. The van der Waals surface area contributed by atoms with Gasteiger partial charge < -0.3 is 15.4 Å². The number of nitrogens with zero attached hydrogens (tertiary/aromatic N) is 3. The van der Waals surface area contributed by atoms with Gasteiger partial charge in [-0.25, -0.2) is 0 Å². The summed E-state index contributed by atoms with van der Waals surface area (Å²) in [4.78, 5) is 4.42. The Kier molecular flexibility index (Phi) is 4.79. The van der Waals surface area contributed by atoms with Gasteiger partial charge in [0.25, 0.3) is 0 Å². The first-order valence-electron chi connectivity index (χ1n) is 8.06. The fourth-order valence-corrected chi connectivity index (χ4v) is 2.16. The molecule has 1 heterocycles. The summed E-state index contributed by atoms with van der Waals surface area (Å²) in [5, 5.41) is 14.4. The molecule has 128 valence electrons. The molecule has 0 bridgehead atoms. The van der Waals surface area contributed by atoms with E-state index in [1.54, 1.807) is 6.20 Å². The van der Waals surface area contributed by atoms with Crippen LogP contribution in [0.3, 0.4) is 0 Å². The summed E-state index contributed by atoms with van der Waals surface area (Å²) in [5.41, 5.74) is 0.763. The fourth-order valence-electron chi connectivity index (χ4n) is 2.16. The molecular formula is C19H21N5O. The Hall–Kier alpha value is -3.15. The van der Waals surface area contributed by atoms with E-state index >= 15 is 0 Å². The standard InChI is InChI=1S/C19H21N5O/c1-19(2,3)23-17-13-20-24-18(22-17)21-14-9-11-16(12-10-14)25-15-7-5-4-6-8-15/h4-13H,1-3H3,(H2,21,22,23,24). The van der Waals surface area contributed by atoms with Crippen molar-refractivity contribution >= 4 is 17.5 Å². The van der Waals surface area contributed by atoms with Gasteiger partial charge in [-0.1, -0.05) is 18.2 Å². The van der Waals surface area contributed by atoms with Gasteiger partial charge in [0, 0.05) is 11.2 Å². The van der Waals surface area contributed by atoms with Crippen LogP contribution >= 0.6 is 0 Å². The lowest BCUT2D eigenvalue weighted by Crippen LogP contribution is -2.27. The normalized spacial score (nSPS) is 11.0. The van der Waals surface area contributed by atoms with Crippen molar-refractivity contribution in [1.82, 2.24) is 15.2 Å². The van der Waals surface area contributed by atoms with Crippen molar-refractivity contribution < 1.29 is 4.74 Å². The van der Waals surface area contributed by atoms with Gasteiger partial charge in [0.15, 0.2) is 5.82 Å². The summed E-state index contributed by atoms with van der Waals surface area (Å²) in [5.74, 6) is 2.68. The van der Waals surface area contributed by atoms with Crippen molar-refractivity contribution in [3.8, 4) is 11.5 Å². The maximum Gasteiger partial charge on any atom is 0.249 e. The molecule has 0 aliphatic carbocycles. The Morgan fingerprint density at radius 1 is 0.880 bits per heavy atom. The van der Waals surface area contributed by atoms with E-state index in [9.17, 15) is 0 Å². The molecule has 25 heavy (non-hydrogen) atoms. The number of ether oxygens (including phenoxy) is 1. The van der Waals surface area contributed by atoms with Gasteiger partial charge in [0.2, 0.25) is 5.95 Å². The Labute approximate surface area is 147 Å². The van der Waals surface area contributed by atoms with Crippen molar-refractivity contribution in [3.05, 3.63) is 60.8 Å². The van der Waals surface area contributed by atoms with Crippen molar-refractivity contribution in [3.63, 3.8) is 0 Å². The van der Waals surface area contributed by atoms with Crippen LogP contribution < -0.4 is 15.4 Å². The molecule has 1 aromatic heterocycles. The van der Waals surface area contributed by atoms with Crippen molar-refractivity contribution in [2.24, 2.45) is 0 Å². The van der Waals surface area contributed by atoms with E-state index in [2.05, 4.69) is 46.6 Å². The first kappa shape index (κ1) is 16.7. The van der Waals surface area contributed by atoms with E-state index in [0.29, 0.717) is 11.8 Å². The molecule has 0 amide bonds. The summed E-state index contributed by atoms with van der Waals surface area (Å²) >= 11 is 0. The van der Waals surface area contributed by atoms with Gasteiger partial charge in [-0.05, 0) is 57.2 Å². The predicted molar refractivity (Wildman–Crippen MR) is 99.4 cm³/mol. The van der Waals surface area contributed by atoms with Crippen molar-refractivity contribution in [2.45, 2.75) is 26.3 Å². The molecule has 3 rings (SSSR count). The Balaban J connectivity index is 1.66. The molecule has 6 heteroatoms. The molecule has 0 aliphatic rings. The maximum absolute atomic E-state index is 5.78. The second-order valence-corrected chi connectivity index (χ2v) is 6.60. The number of rotatable bonds is 5. The summed E-state index contributed by atoms with van der Waals surface area (Å²) in [6.45, 7) is 6.19. The number of hydrogen-bond donors (Lipinski definition) is 2. The zero-order chi connectivity index (χ0) is 17.7. The van der Waals surface area contributed by atoms with Crippen LogP contribution in [-0.2, 0) is 0 Å². The third-order valence-corrected chi connectivity index (χ3v) is 3.15. The molecule has 2 N–H and O–H groups in total. The number of benzene rings is 2.